The van der Waals surface area contributed by atoms with E-state index in [1.165, 1.54) is 0 Å². The lowest BCUT2D eigenvalue weighted by molar-refractivity contribution is -0.131. The highest BCUT2D eigenvalue weighted by Gasteiger charge is 2.23. The molecule has 134 valence electrons. The number of nitrogens with zero attached hydrogens (tertiary/aromatic N) is 3. The van der Waals surface area contributed by atoms with E-state index in [0.717, 1.165) is 51.0 Å². The summed E-state index contributed by atoms with van der Waals surface area (Å²) in [6.07, 6.45) is 6.63. The van der Waals surface area contributed by atoms with Crippen LogP contribution in [-0.2, 0) is 16.1 Å². The number of amides is 1. The van der Waals surface area contributed by atoms with Crippen LogP contribution in [0.3, 0.4) is 0 Å². The summed E-state index contributed by atoms with van der Waals surface area (Å²) in [6.45, 7) is 4.62. The Bertz CT molecular complexity index is 495. The van der Waals surface area contributed by atoms with Crippen molar-refractivity contribution in [1.82, 2.24) is 14.8 Å². The maximum Gasteiger partial charge on any atom is 0.222 e. The van der Waals surface area contributed by atoms with E-state index in [0.29, 0.717) is 12.5 Å². The van der Waals surface area contributed by atoms with E-state index in [1.54, 1.807) is 7.11 Å². The molecule has 0 radical (unpaired) electrons. The van der Waals surface area contributed by atoms with Crippen LogP contribution in [0.15, 0.2) is 24.4 Å². The number of aromatic nitrogens is 1. The van der Waals surface area contributed by atoms with E-state index in [1.807, 2.05) is 30.2 Å². The fourth-order valence-corrected chi connectivity index (χ4v) is 3.25. The Hall–Kier alpha value is -1.46. The van der Waals surface area contributed by atoms with Crippen molar-refractivity contribution >= 4 is 5.91 Å². The lowest BCUT2D eigenvalue weighted by atomic mass is 10.1. The number of methoxy groups -OCH3 is 1. The number of pyridine rings is 1. The minimum atomic E-state index is 0.151. The van der Waals surface area contributed by atoms with Gasteiger partial charge in [-0.15, -0.1) is 0 Å². The van der Waals surface area contributed by atoms with Crippen LogP contribution in [-0.4, -0.2) is 60.1 Å². The van der Waals surface area contributed by atoms with E-state index in [4.69, 9.17) is 4.74 Å². The molecule has 1 aromatic heterocycles. The first-order chi connectivity index (χ1) is 11.6. The zero-order valence-electron chi connectivity index (χ0n) is 15.3. The predicted molar refractivity (Wildman–Crippen MR) is 95.6 cm³/mol. The molecule has 2 heterocycles. The topological polar surface area (TPSA) is 45.7 Å². The predicted octanol–water partition coefficient (Wildman–Crippen LogP) is 2.71. The molecule has 0 aromatic carbocycles. The molecule has 1 aliphatic heterocycles. The molecular formula is C19H31N3O2. The average molecular weight is 333 g/mol. The van der Waals surface area contributed by atoms with E-state index >= 15 is 0 Å². The highest BCUT2D eigenvalue weighted by Crippen LogP contribution is 2.18. The van der Waals surface area contributed by atoms with Crippen molar-refractivity contribution in [1.29, 1.82) is 0 Å². The van der Waals surface area contributed by atoms with Crippen molar-refractivity contribution in [3.8, 4) is 0 Å². The molecule has 24 heavy (non-hydrogen) atoms. The molecule has 2 atom stereocenters. The van der Waals surface area contributed by atoms with Crippen LogP contribution in [0.2, 0.25) is 0 Å². The van der Waals surface area contributed by atoms with Crippen LogP contribution >= 0.6 is 0 Å². The van der Waals surface area contributed by atoms with Gasteiger partial charge in [0.1, 0.15) is 0 Å². The van der Waals surface area contributed by atoms with Crippen LogP contribution in [0.4, 0.5) is 0 Å². The zero-order valence-corrected chi connectivity index (χ0v) is 15.3. The van der Waals surface area contributed by atoms with Gasteiger partial charge in [-0.25, -0.2) is 0 Å². The van der Waals surface area contributed by atoms with Gasteiger partial charge >= 0.3 is 0 Å². The van der Waals surface area contributed by atoms with Crippen LogP contribution in [0.25, 0.3) is 0 Å². The molecule has 1 aromatic rings. The minimum Gasteiger partial charge on any atom is -0.382 e. The lowest BCUT2D eigenvalue weighted by Crippen LogP contribution is -2.35. The van der Waals surface area contributed by atoms with Gasteiger partial charge in [-0.1, -0.05) is 6.07 Å². The van der Waals surface area contributed by atoms with Gasteiger partial charge in [-0.3, -0.25) is 14.7 Å². The largest absolute Gasteiger partial charge is 0.382 e. The Morgan fingerprint density at radius 2 is 2.25 bits per heavy atom. The van der Waals surface area contributed by atoms with Gasteiger partial charge < -0.3 is 9.64 Å². The van der Waals surface area contributed by atoms with Crippen molar-refractivity contribution in [2.45, 2.75) is 57.7 Å². The summed E-state index contributed by atoms with van der Waals surface area (Å²) in [5.74, 6) is 0.270. The van der Waals surface area contributed by atoms with E-state index in [9.17, 15) is 4.79 Å². The number of carbonyl (C=O) groups excluding carboxylic acids is 1. The minimum absolute atomic E-state index is 0.151. The Labute approximate surface area is 146 Å². The normalized spacial score (nSPS) is 20.0. The highest BCUT2D eigenvalue weighted by molar-refractivity contribution is 5.76. The third kappa shape index (κ3) is 5.87. The first-order valence-electron chi connectivity index (χ1n) is 9.01. The Balaban J connectivity index is 1.80. The molecule has 1 fully saturated rings. The molecule has 5 nitrogen and oxygen atoms in total. The number of hydrogen-bond donors (Lipinski definition) is 0. The molecule has 0 N–H and O–H groups in total. The monoisotopic (exact) mass is 333 g/mol. The fraction of sp³-hybridized carbons (Fsp3) is 0.684. The summed E-state index contributed by atoms with van der Waals surface area (Å²) in [4.78, 5) is 21.2. The van der Waals surface area contributed by atoms with E-state index < -0.39 is 0 Å². The third-order valence-corrected chi connectivity index (χ3v) is 4.98. The van der Waals surface area contributed by atoms with Crippen LogP contribution in [0.5, 0.6) is 0 Å². The van der Waals surface area contributed by atoms with Crippen molar-refractivity contribution < 1.29 is 9.53 Å². The summed E-state index contributed by atoms with van der Waals surface area (Å²) in [7, 11) is 3.86. The molecular weight excluding hydrogens is 302 g/mol. The van der Waals surface area contributed by atoms with E-state index in [2.05, 4.69) is 23.0 Å². The summed E-state index contributed by atoms with van der Waals surface area (Å²) in [5, 5.41) is 0. The van der Waals surface area contributed by atoms with Crippen molar-refractivity contribution in [3.63, 3.8) is 0 Å². The average Bonchev–Trinajstić information content (AvgIpc) is 2.86. The number of ether oxygens (including phenoxy) is 1. The molecule has 0 unspecified atom stereocenters. The number of likely N-dealkylation sites (tertiary alicyclic amines) is 1. The number of carbonyl (C=O) groups is 1. The van der Waals surface area contributed by atoms with Gasteiger partial charge in [-0.2, -0.15) is 0 Å². The van der Waals surface area contributed by atoms with Crippen molar-refractivity contribution in [2.75, 3.05) is 27.2 Å². The quantitative estimate of drug-likeness (QED) is 0.770. The maximum atomic E-state index is 12.4. The smallest absolute Gasteiger partial charge is 0.222 e. The molecule has 2 rings (SSSR count). The molecule has 0 aliphatic carbocycles. The third-order valence-electron chi connectivity index (χ3n) is 4.98. The standard InChI is InChI=1S/C19H31N3O2/c1-16(24-3)9-10-19(23)22-13-6-8-18(11-14-22)21(2)15-17-7-4-5-12-20-17/h4-5,7,12,16,18H,6,8-11,13-15H2,1-3H3/t16-,18-/m1/s1. The summed E-state index contributed by atoms with van der Waals surface area (Å²) in [5.41, 5.74) is 1.10. The van der Waals surface area contributed by atoms with Gasteiger partial charge in [0.25, 0.3) is 0 Å². The first kappa shape index (κ1) is 18.9. The highest BCUT2D eigenvalue weighted by atomic mass is 16.5. The van der Waals surface area contributed by atoms with Gasteiger partial charge in [0.05, 0.1) is 11.8 Å². The second-order valence-electron chi connectivity index (χ2n) is 6.79. The molecule has 5 heteroatoms. The number of rotatable bonds is 7. The Morgan fingerprint density at radius 3 is 2.96 bits per heavy atom. The molecule has 1 aliphatic rings. The van der Waals surface area contributed by atoms with Gasteiger partial charge in [0.15, 0.2) is 0 Å². The van der Waals surface area contributed by atoms with Gasteiger partial charge in [0, 0.05) is 45.4 Å². The fourth-order valence-electron chi connectivity index (χ4n) is 3.25. The zero-order chi connectivity index (χ0) is 17.4. The summed E-state index contributed by atoms with van der Waals surface area (Å²) >= 11 is 0. The summed E-state index contributed by atoms with van der Waals surface area (Å²) in [6, 6.07) is 6.57. The van der Waals surface area contributed by atoms with Crippen LogP contribution < -0.4 is 0 Å². The van der Waals surface area contributed by atoms with Gasteiger partial charge in [-0.05, 0) is 51.8 Å². The molecule has 1 amide bonds. The van der Waals surface area contributed by atoms with Crippen molar-refractivity contribution in [2.24, 2.45) is 0 Å². The van der Waals surface area contributed by atoms with Crippen molar-refractivity contribution in [3.05, 3.63) is 30.1 Å². The maximum absolute atomic E-state index is 12.4. The lowest BCUT2D eigenvalue weighted by Gasteiger charge is -2.27. The molecule has 0 spiro atoms. The second kappa shape index (κ2) is 9.74. The van der Waals surface area contributed by atoms with Crippen LogP contribution in [0, 0.1) is 0 Å². The molecule has 1 saturated heterocycles. The Kier molecular flexibility index (Phi) is 7.66. The van der Waals surface area contributed by atoms with Gasteiger partial charge in [0.2, 0.25) is 5.91 Å². The summed E-state index contributed by atoms with van der Waals surface area (Å²) < 4.78 is 5.23. The molecule has 0 bridgehead atoms. The SMILES string of the molecule is CO[C@H](C)CCC(=O)N1CCC[C@@H](N(C)Cc2ccccn2)CC1. The Morgan fingerprint density at radius 1 is 1.42 bits per heavy atom. The second-order valence-corrected chi connectivity index (χ2v) is 6.79. The van der Waals surface area contributed by atoms with Crippen LogP contribution in [0.1, 0.15) is 44.7 Å². The number of hydrogen-bond acceptors (Lipinski definition) is 4. The van der Waals surface area contributed by atoms with E-state index in [-0.39, 0.29) is 12.0 Å². The molecule has 0 saturated carbocycles. The first-order valence-corrected chi connectivity index (χ1v) is 9.01.